The molecule has 0 aliphatic heterocycles. The van der Waals surface area contributed by atoms with E-state index >= 15 is 0 Å². The highest BCUT2D eigenvalue weighted by atomic mass is 79.9. The average molecular weight is 457 g/mol. The third kappa shape index (κ3) is 6.83. The molecule has 1 aliphatic rings. The van der Waals surface area contributed by atoms with Crippen LogP contribution in [0.25, 0.3) is 0 Å². The van der Waals surface area contributed by atoms with Crippen LogP contribution in [-0.4, -0.2) is 38.5 Å². The number of halogens is 1. The molecular weight excluding hydrogens is 426 g/mol. The van der Waals surface area contributed by atoms with Crippen molar-refractivity contribution in [2.24, 2.45) is 4.99 Å². The molecule has 0 radical (unpaired) electrons. The van der Waals surface area contributed by atoms with E-state index in [4.69, 9.17) is 9.73 Å². The zero-order valence-electron chi connectivity index (χ0n) is 16.4. The number of nitrogens with one attached hydrogen (secondary N) is 1. The smallest absolute Gasteiger partial charge is 0.139 e. The lowest BCUT2D eigenvalue weighted by Gasteiger charge is -2.18. The highest BCUT2D eigenvalue weighted by Gasteiger charge is 2.28. The molecular formula is C19H30BrN3OSSi. The first-order chi connectivity index (χ1) is 12.3. The Hall–Kier alpha value is -0.633. The molecule has 1 atom stereocenters. The van der Waals surface area contributed by atoms with Gasteiger partial charge >= 0.3 is 0 Å². The van der Waals surface area contributed by atoms with Crippen LogP contribution in [0.2, 0.25) is 25.7 Å². The predicted molar refractivity (Wildman–Crippen MR) is 120 cm³/mol. The van der Waals surface area contributed by atoms with E-state index in [9.17, 15) is 0 Å². The molecule has 26 heavy (non-hydrogen) atoms. The SMILES string of the molecule is CS/C=C(\C)NC(=NCOCC[Si](C)(C)C)C1CCc2cc(Br)cnc21. The Balaban J connectivity index is 2.10. The average Bonchev–Trinajstić information content (AvgIpc) is 2.95. The van der Waals surface area contributed by atoms with Gasteiger partial charge in [0.1, 0.15) is 12.6 Å². The van der Waals surface area contributed by atoms with Gasteiger partial charge in [0.2, 0.25) is 0 Å². The summed E-state index contributed by atoms with van der Waals surface area (Å²) in [6.45, 7) is 10.4. The number of pyridine rings is 1. The molecule has 0 aromatic carbocycles. The number of ether oxygens (including phenoxy) is 1. The van der Waals surface area contributed by atoms with Crippen molar-refractivity contribution < 1.29 is 4.74 Å². The minimum Gasteiger partial charge on any atom is -0.360 e. The molecule has 0 bridgehead atoms. The van der Waals surface area contributed by atoms with E-state index in [1.807, 2.05) is 6.20 Å². The summed E-state index contributed by atoms with van der Waals surface area (Å²) < 4.78 is 6.84. The van der Waals surface area contributed by atoms with Crippen LogP contribution in [0.1, 0.15) is 30.5 Å². The maximum atomic E-state index is 5.80. The lowest BCUT2D eigenvalue weighted by molar-refractivity contribution is 0.155. The summed E-state index contributed by atoms with van der Waals surface area (Å²) in [7, 11) is -1.07. The molecule has 2 rings (SSSR count). The predicted octanol–water partition coefficient (Wildman–Crippen LogP) is 5.40. The molecule has 144 valence electrons. The first-order valence-electron chi connectivity index (χ1n) is 9.03. The van der Waals surface area contributed by atoms with Gasteiger partial charge in [0.05, 0.1) is 11.6 Å². The van der Waals surface area contributed by atoms with Gasteiger partial charge in [-0.05, 0) is 65.0 Å². The number of aryl methyl sites for hydroxylation is 1. The van der Waals surface area contributed by atoms with E-state index in [2.05, 4.69) is 70.5 Å². The quantitative estimate of drug-likeness (QED) is 0.246. The Kier molecular flexibility index (Phi) is 8.38. The van der Waals surface area contributed by atoms with Crippen molar-refractivity contribution in [2.75, 3.05) is 19.6 Å². The van der Waals surface area contributed by atoms with Gasteiger partial charge in [0.15, 0.2) is 0 Å². The van der Waals surface area contributed by atoms with Gasteiger partial charge in [-0.2, -0.15) is 0 Å². The van der Waals surface area contributed by atoms with Crippen LogP contribution in [0.3, 0.4) is 0 Å². The highest BCUT2D eigenvalue weighted by Crippen LogP contribution is 2.33. The van der Waals surface area contributed by atoms with Crippen LogP contribution in [0.5, 0.6) is 0 Å². The maximum Gasteiger partial charge on any atom is 0.139 e. The van der Waals surface area contributed by atoms with Crippen molar-refractivity contribution in [1.29, 1.82) is 0 Å². The minimum atomic E-state index is -1.07. The number of fused-ring (bicyclic) bond motifs is 1. The first-order valence-corrected chi connectivity index (χ1v) is 14.8. The molecule has 7 heteroatoms. The van der Waals surface area contributed by atoms with Crippen LogP contribution in [0.4, 0.5) is 0 Å². The maximum absolute atomic E-state index is 5.80. The fourth-order valence-corrected chi connectivity index (χ4v) is 4.46. The summed E-state index contributed by atoms with van der Waals surface area (Å²) in [6, 6.07) is 3.34. The molecule has 1 N–H and O–H groups in total. The van der Waals surface area contributed by atoms with Crippen molar-refractivity contribution in [1.82, 2.24) is 10.3 Å². The van der Waals surface area contributed by atoms with Gasteiger partial charge in [-0.1, -0.05) is 19.6 Å². The molecule has 1 unspecified atom stereocenters. The minimum absolute atomic E-state index is 0.212. The summed E-state index contributed by atoms with van der Waals surface area (Å²) in [6.07, 6.45) is 6.01. The third-order valence-electron chi connectivity index (χ3n) is 4.27. The lowest BCUT2D eigenvalue weighted by atomic mass is 10.1. The summed E-state index contributed by atoms with van der Waals surface area (Å²) in [5.74, 6) is 1.18. The van der Waals surface area contributed by atoms with Crippen LogP contribution < -0.4 is 5.32 Å². The second-order valence-electron chi connectivity index (χ2n) is 7.84. The van der Waals surface area contributed by atoms with Crippen molar-refractivity contribution in [3.8, 4) is 0 Å². The molecule has 1 aromatic heterocycles. The summed E-state index contributed by atoms with van der Waals surface area (Å²) in [5.41, 5.74) is 3.55. The Morgan fingerprint density at radius 1 is 1.50 bits per heavy atom. The summed E-state index contributed by atoms with van der Waals surface area (Å²) >= 11 is 5.21. The van der Waals surface area contributed by atoms with E-state index in [1.165, 1.54) is 11.6 Å². The molecule has 0 amide bonds. The Bertz CT molecular complexity index is 673. The van der Waals surface area contributed by atoms with Gasteiger partial charge < -0.3 is 10.1 Å². The Morgan fingerprint density at radius 2 is 2.27 bits per heavy atom. The van der Waals surface area contributed by atoms with E-state index in [0.29, 0.717) is 6.73 Å². The first kappa shape index (κ1) is 21.7. The zero-order valence-corrected chi connectivity index (χ0v) is 19.8. The van der Waals surface area contributed by atoms with Crippen molar-refractivity contribution in [3.05, 3.63) is 39.1 Å². The molecule has 0 fully saturated rings. The highest BCUT2D eigenvalue weighted by molar-refractivity contribution is 9.10. The van der Waals surface area contributed by atoms with Gasteiger partial charge in [0, 0.05) is 31.0 Å². The number of hydrogen-bond acceptors (Lipinski definition) is 4. The molecule has 1 heterocycles. The van der Waals surface area contributed by atoms with Crippen LogP contribution in [0.15, 0.2) is 32.8 Å². The fraction of sp³-hybridized carbons (Fsp3) is 0.579. The number of rotatable bonds is 8. The largest absolute Gasteiger partial charge is 0.360 e. The Labute approximate surface area is 171 Å². The summed E-state index contributed by atoms with van der Waals surface area (Å²) in [5, 5.41) is 5.59. The number of hydrogen-bond donors (Lipinski definition) is 1. The van der Waals surface area contributed by atoms with Crippen LogP contribution >= 0.6 is 27.7 Å². The van der Waals surface area contributed by atoms with Gasteiger partial charge in [0.25, 0.3) is 0 Å². The topological polar surface area (TPSA) is 46.5 Å². The standard InChI is InChI=1S/C19H30BrN3OSSi/c1-14(12-25-2)23-19(22-13-24-8-9-26(3,4)5)17-7-6-15-10-16(20)11-21-18(15)17/h10-12,17H,6-9,13H2,1-5H3,(H,22,23)/b14-12+. The normalized spacial score (nSPS) is 18.2. The lowest BCUT2D eigenvalue weighted by Crippen LogP contribution is -2.28. The van der Waals surface area contributed by atoms with Crippen molar-refractivity contribution in [3.63, 3.8) is 0 Å². The van der Waals surface area contributed by atoms with E-state index in [0.717, 1.165) is 41.1 Å². The molecule has 1 aliphatic carbocycles. The molecule has 4 nitrogen and oxygen atoms in total. The fourth-order valence-electron chi connectivity index (χ4n) is 2.91. The molecule has 0 spiro atoms. The van der Waals surface area contributed by atoms with Gasteiger partial charge in [-0.25, -0.2) is 4.99 Å². The van der Waals surface area contributed by atoms with Crippen molar-refractivity contribution >= 4 is 41.6 Å². The van der Waals surface area contributed by atoms with Gasteiger partial charge in [-0.15, -0.1) is 11.8 Å². The number of amidine groups is 1. The summed E-state index contributed by atoms with van der Waals surface area (Å²) in [4.78, 5) is 9.43. The second kappa shape index (κ2) is 10.1. The monoisotopic (exact) mass is 455 g/mol. The number of thioether (sulfide) groups is 1. The zero-order chi connectivity index (χ0) is 19.2. The second-order valence-corrected chi connectivity index (χ2v) is 15.1. The van der Waals surface area contributed by atoms with E-state index < -0.39 is 8.07 Å². The number of allylic oxidation sites excluding steroid dienone is 1. The molecule has 1 aromatic rings. The van der Waals surface area contributed by atoms with Crippen LogP contribution in [0, 0.1) is 0 Å². The molecule has 0 saturated heterocycles. The van der Waals surface area contributed by atoms with Gasteiger partial charge in [-0.3, -0.25) is 4.98 Å². The molecule has 0 saturated carbocycles. The Morgan fingerprint density at radius 3 is 2.96 bits per heavy atom. The van der Waals surface area contributed by atoms with E-state index in [-0.39, 0.29) is 5.92 Å². The number of aromatic nitrogens is 1. The number of nitrogens with zero attached hydrogens (tertiary/aromatic N) is 2. The number of aliphatic imine (C=N–C) groups is 1. The third-order valence-corrected chi connectivity index (χ3v) is 7.00. The van der Waals surface area contributed by atoms with Crippen LogP contribution in [-0.2, 0) is 11.2 Å². The van der Waals surface area contributed by atoms with Crippen molar-refractivity contribution in [2.45, 2.75) is 51.4 Å². The van der Waals surface area contributed by atoms with E-state index in [1.54, 1.807) is 11.8 Å².